The normalized spacial score (nSPS) is 12.6. The molecule has 0 radical (unpaired) electrons. The molecule has 0 spiro atoms. The van der Waals surface area contributed by atoms with Gasteiger partial charge in [0, 0.05) is 16.6 Å². The highest BCUT2D eigenvalue weighted by Crippen LogP contribution is 2.25. The van der Waals surface area contributed by atoms with Crippen LogP contribution in [0.5, 0.6) is 0 Å². The minimum Gasteiger partial charge on any atom is -0.462 e. The van der Waals surface area contributed by atoms with Crippen molar-refractivity contribution in [2.24, 2.45) is 0 Å². The molecule has 1 aromatic carbocycles. The Hall–Kier alpha value is -1.36. The maximum Gasteiger partial charge on any atom is 0.129 e. The first-order chi connectivity index (χ1) is 9.11. The van der Waals surface area contributed by atoms with Gasteiger partial charge in [-0.3, -0.25) is 0 Å². The third-order valence-electron chi connectivity index (χ3n) is 2.89. The molecule has 0 amide bonds. The number of benzene rings is 1. The van der Waals surface area contributed by atoms with Gasteiger partial charge in [-0.25, -0.2) is 4.39 Å². The predicted molar refractivity (Wildman–Crippen MR) is 71.3 cm³/mol. The van der Waals surface area contributed by atoms with Crippen LogP contribution in [-0.2, 0) is 13.2 Å². The number of aliphatic hydroxyl groups is 1. The molecule has 0 aliphatic carbocycles. The Balaban J connectivity index is 2.03. The Bertz CT molecular complexity index is 536. The van der Waals surface area contributed by atoms with Gasteiger partial charge in [0.1, 0.15) is 23.9 Å². The molecule has 2 aromatic rings. The Morgan fingerprint density at radius 3 is 2.68 bits per heavy atom. The standard InChI is InChI=1S/C14H15ClFNO2/c1-9(14-12(15)3-2-4-13(14)16)17-7-10-5-6-11(8-18)19-10/h2-6,9,17-18H,7-8H2,1H3/t9-/m1/s1. The summed E-state index contributed by atoms with van der Waals surface area (Å²) >= 11 is 6.00. The topological polar surface area (TPSA) is 45.4 Å². The Morgan fingerprint density at radius 2 is 2.05 bits per heavy atom. The zero-order valence-electron chi connectivity index (χ0n) is 10.5. The molecule has 1 heterocycles. The molecular formula is C14H15ClFNO2. The number of rotatable bonds is 5. The Morgan fingerprint density at radius 1 is 1.32 bits per heavy atom. The average Bonchev–Trinajstić information content (AvgIpc) is 2.84. The minimum atomic E-state index is -0.331. The highest BCUT2D eigenvalue weighted by molar-refractivity contribution is 6.31. The Labute approximate surface area is 116 Å². The lowest BCUT2D eigenvalue weighted by Crippen LogP contribution is -2.19. The van der Waals surface area contributed by atoms with Gasteiger partial charge in [-0.2, -0.15) is 0 Å². The van der Waals surface area contributed by atoms with E-state index in [4.69, 9.17) is 21.1 Å². The molecule has 102 valence electrons. The van der Waals surface area contributed by atoms with Gasteiger partial charge in [0.25, 0.3) is 0 Å². The van der Waals surface area contributed by atoms with Crippen LogP contribution in [0.2, 0.25) is 5.02 Å². The Kier molecular flexibility index (Phi) is 4.58. The van der Waals surface area contributed by atoms with Gasteiger partial charge in [-0.15, -0.1) is 0 Å². The van der Waals surface area contributed by atoms with Gasteiger partial charge in [0.05, 0.1) is 6.54 Å². The smallest absolute Gasteiger partial charge is 0.129 e. The molecule has 5 heteroatoms. The van der Waals surface area contributed by atoms with Crippen molar-refractivity contribution in [3.05, 3.63) is 58.3 Å². The van der Waals surface area contributed by atoms with E-state index in [0.29, 0.717) is 28.7 Å². The summed E-state index contributed by atoms with van der Waals surface area (Å²) in [6.45, 7) is 2.14. The maximum atomic E-state index is 13.7. The van der Waals surface area contributed by atoms with Crippen molar-refractivity contribution in [1.29, 1.82) is 0 Å². The number of halogens is 2. The summed E-state index contributed by atoms with van der Waals surface area (Å²) < 4.78 is 19.0. The molecular weight excluding hydrogens is 269 g/mol. The fraction of sp³-hybridized carbons (Fsp3) is 0.286. The quantitative estimate of drug-likeness (QED) is 0.884. The summed E-state index contributed by atoms with van der Waals surface area (Å²) in [6.07, 6.45) is 0. The van der Waals surface area contributed by atoms with Gasteiger partial charge in [-0.1, -0.05) is 17.7 Å². The monoisotopic (exact) mass is 283 g/mol. The van der Waals surface area contributed by atoms with Crippen LogP contribution in [0.25, 0.3) is 0 Å². The number of hydrogen-bond acceptors (Lipinski definition) is 3. The molecule has 0 saturated carbocycles. The fourth-order valence-electron chi connectivity index (χ4n) is 1.88. The third kappa shape index (κ3) is 3.35. The third-order valence-corrected chi connectivity index (χ3v) is 3.22. The first-order valence-corrected chi connectivity index (χ1v) is 6.35. The average molecular weight is 284 g/mol. The summed E-state index contributed by atoms with van der Waals surface area (Å²) in [6, 6.07) is 7.86. The van der Waals surface area contributed by atoms with Crippen LogP contribution in [-0.4, -0.2) is 5.11 Å². The highest BCUT2D eigenvalue weighted by atomic mass is 35.5. The minimum absolute atomic E-state index is 0.130. The number of nitrogens with one attached hydrogen (secondary N) is 1. The van der Waals surface area contributed by atoms with Crippen LogP contribution in [0.3, 0.4) is 0 Å². The molecule has 0 aliphatic heterocycles. The van der Waals surface area contributed by atoms with E-state index in [1.807, 2.05) is 6.92 Å². The van der Waals surface area contributed by atoms with Crippen LogP contribution in [0.4, 0.5) is 4.39 Å². The highest BCUT2D eigenvalue weighted by Gasteiger charge is 2.14. The van der Waals surface area contributed by atoms with E-state index in [1.54, 1.807) is 24.3 Å². The number of aliphatic hydroxyl groups excluding tert-OH is 1. The first-order valence-electron chi connectivity index (χ1n) is 5.97. The van der Waals surface area contributed by atoms with E-state index in [-0.39, 0.29) is 18.5 Å². The van der Waals surface area contributed by atoms with Crippen molar-refractivity contribution in [2.45, 2.75) is 26.1 Å². The molecule has 0 fully saturated rings. The van der Waals surface area contributed by atoms with Crippen molar-refractivity contribution < 1.29 is 13.9 Å². The lowest BCUT2D eigenvalue weighted by atomic mass is 10.1. The fourth-order valence-corrected chi connectivity index (χ4v) is 2.21. The lowest BCUT2D eigenvalue weighted by Gasteiger charge is -2.15. The van der Waals surface area contributed by atoms with Crippen LogP contribution in [0, 0.1) is 5.82 Å². The first kappa shape index (κ1) is 14.1. The molecule has 0 aliphatic rings. The zero-order chi connectivity index (χ0) is 13.8. The molecule has 3 nitrogen and oxygen atoms in total. The molecule has 19 heavy (non-hydrogen) atoms. The van der Waals surface area contributed by atoms with Crippen molar-refractivity contribution in [2.75, 3.05) is 0 Å². The van der Waals surface area contributed by atoms with Gasteiger partial charge >= 0.3 is 0 Å². The number of furan rings is 1. The molecule has 0 unspecified atom stereocenters. The van der Waals surface area contributed by atoms with E-state index in [1.165, 1.54) is 6.07 Å². The van der Waals surface area contributed by atoms with Crippen LogP contribution < -0.4 is 5.32 Å². The predicted octanol–water partition coefficient (Wildman–Crippen LogP) is 3.42. The second kappa shape index (κ2) is 6.19. The van der Waals surface area contributed by atoms with E-state index >= 15 is 0 Å². The maximum absolute atomic E-state index is 13.7. The summed E-state index contributed by atoms with van der Waals surface area (Å²) in [7, 11) is 0. The van der Waals surface area contributed by atoms with Crippen LogP contribution in [0.15, 0.2) is 34.7 Å². The summed E-state index contributed by atoms with van der Waals surface area (Å²) in [5.74, 6) is 0.861. The number of hydrogen-bond donors (Lipinski definition) is 2. The molecule has 1 atom stereocenters. The molecule has 0 saturated heterocycles. The van der Waals surface area contributed by atoms with E-state index < -0.39 is 0 Å². The lowest BCUT2D eigenvalue weighted by molar-refractivity contribution is 0.242. The van der Waals surface area contributed by atoms with E-state index in [9.17, 15) is 4.39 Å². The molecule has 2 rings (SSSR count). The van der Waals surface area contributed by atoms with Crippen molar-refractivity contribution in [1.82, 2.24) is 5.32 Å². The summed E-state index contributed by atoms with van der Waals surface area (Å²) in [5, 5.41) is 12.4. The largest absolute Gasteiger partial charge is 0.462 e. The van der Waals surface area contributed by atoms with E-state index in [2.05, 4.69) is 5.32 Å². The molecule has 0 bridgehead atoms. The van der Waals surface area contributed by atoms with E-state index in [0.717, 1.165) is 0 Å². The second-order valence-corrected chi connectivity index (χ2v) is 4.67. The van der Waals surface area contributed by atoms with Crippen molar-refractivity contribution in [3.8, 4) is 0 Å². The second-order valence-electron chi connectivity index (χ2n) is 4.26. The van der Waals surface area contributed by atoms with Gasteiger partial charge in [0.15, 0.2) is 0 Å². The summed E-state index contributed by atoms with van der Waals surface area (Å²) in [4.78, 5) is 0. The summed E-state index contributed by atoms with van der Waals surface area (Å²) in [5.41, 5.74) is 0.443. The molecule has 2 N–H and O–H groups in total. The van der Waals surface area contributed by atoms with Gasteiger partial charge < -0.3 is 14.8 Å². The van der Waals surface area contributed by atoms with Crippen LogP contribution in [0.1, 0.15) is 30.0 Å². The van der Waals surface area contributed by atoms with Crippen LogP contribution >= 0.6 is 11.6 Å². The van der Waals surface area contributed by atoms with Gasteiger partial charge in [-0.05, 0) is 31.2 Å². The zero-order valence-corrected chi connectivity index (χ0v) is 11.2. The SMILES string of the molecule is C[C@@H](NCc1ccc(CO)o1)c1c(F)cccc1Cl. The van der Waals surface area contributed by atoms with Gasteiger partial charge in [0.2, 0.25) is 0 Å². The van der Waals surface area contributed by atoms with Crippen molar-refractivity contribution in [3.63, 3.8) is 0 Å². The molecule has 1 aromatic heterocycles. The van der Waals surface area contributed by atoms with Crippen molar-refractivity contribution >= 4 is 11.6 Å².